The Bertz CT molecular complexity index is 19.3. The Morgan fingerprint density at radius 3 is 0.545 bits per heavy atom. The molecular formula is H13AlI4O6. The van der Waals surface area contributed by atoms with Gasteiger partial charge < -0.3 is 32.9 Å². The monoisotopic (exact) mass is 644 g/mol. The van der Waals surface area contributed by atoms with Gasteiger partial charge in [-0.15, -0.1) is 24.0 Å². The molecule has 0 bridgehead atoms. The van der Waals surface area contributed by atoms with E-state index in [-0.39, 0.29) is 61.1 Å². The summed E-state index contributed by atoms with van der Waals surface area (Å²) in [6.45, 7) is 0. The Hall–Kier alpha value is 3.21. The highest BCUT2D eigenvalue weighted by molar-refractivity contribution is 14.4. The molecule has 0 heterocycles. The summed E-state index contributed by atoms with van der Waals surface area (Å²) in [5.74, 6) is 0. The number of hydrogen-bond acceptors (Lipinski definition) is 0. The minimum atomic E-state index is -0.229. The number of halogens is 4. The van der Waals surface area contributed by atoms with Gasteiger partial charge in [-0.05, 0) is 0 Å². The average Bonchev–Trinajstić information content (AvgIpc) is 0.811. The summed E-state index contributed by atoms with van der Waals surface area (Å²) in [5.41, 5.74) is 0. The third kappa shape index (κ3) is 161. The van der Waals surface area contributed by atoms with E-state index in [0.717, 1.165) is 0 Å². The highest BCUT2D eigenvalue weighted by Crippen LogP contribution is 2.10. The third-order valence-corrected chi connectivity index (χ3v) is 0. The molecule has 0 saturated heterocycles. The second kappa shape index (κ2) is 51.1. The molecule has 0 spiro atoms. The molecule has 80 valence electrons. The normalized spacial score (nSPS) is 2.45. The first-order valence-electron chi connectivity index (χ1n) is 0.655. The molecule has 0 aromatic heterocycles. The Morgan fingerprint density at radius 1 is 0.545 bits per heavy atom. The summed E-state index contributed by atoms with van der Waals surface area (Å²) in [6, 6.07) is 0. The van der Waals surface area contributed by atoms with Gasteiger partial charge in [-0.3, -0.25) is 0 Å². The summed E-state index contributed by atoms with van der Waals surface area (Å²) in [7, 11) is 0. The Labute approximate surface area is 120 Å². The lowest BCUT2D eigenvalue weighted by atomic mass is 16.0. The maximum absolute atomic E-state index is 2.46. The lowest BCUT2D eigenvalue weighted by Crippen LogP contribution is -1.59. The molecule has 0 fully saturated rings. The van der Waals surface area contributed by atoms with Gasteiger partial charge in [-0.1, -0.05) is 0 Å². The van der Waals surface area contributed by atoms with Gasteiger partial charge in [0.2, 0.25) is 0 Å². The van der Waals surface area contributed by atoms with Crippen LogP contribution in [0.1, 0.15) is 0 Å². The second-order valence-corrected chi connectivity index (χ2v) is 33.4. The minimum Gasteiger partial charge on any atom is -0.412 e. The molecule has 0 amide bonds. The molecule has 0 aliphatic rings. The van der Waals surface area contributed by atoms with Crippen LogP contribution in [-0.2, 0) is 0 Å². The van der Waals surface area contributed by atoms with Crippen molar-refractivity contribution in [2.75, 3.05) is 0 Å². The molecule has 12 N–H and O–H groups in total. The predicted octanol–water partition coefficient (Wildman–Crippen LogP) is -2.05. The number of hydrogen-bond donors (Lipinski definition) is 0. The molecule has 11 heavy (non-hydrogen) atoms. The summed E-state index contributed by atoms with van der Waals surface area (Å²) in [5, 5.41) is 0. The third-order valence-electron chi connectivity index (χ3n) is 0. The van der Waals surface area contributed by atoms with E-state index >= 15 is 0 Å². The molecule has 6 nitrogen and oxygen atoms in total. The first-order chi connectivity index (χ1) is 1.73. The largest absolute Gasteiger partial charge is 0.524 e. The average molecular weight is 644 g/mol. The fourth-order valence-electron chi connectivity index (χ4n) is 0. The van der Waals surface area contributed by atoms with Crippen molar-refractivity contribution in [2.24, 2.45) is 0 Å². The van der Waals surface area contributed by atoms with Crippen LogP contribution in [0.3, 0.4) is 0 Å². The zero-order valence-corrected chi connectivity index (χ0v) is 15.1. The van der Waals surface area contributed by atoms with Crippen LogP contribution in [0.5, 0.6) is 0 Å². The fraction of sp³-hybridized carbons (Fsp3) is 0. The molecule has 0 aliphatic heterocycles. The zero-order valence-electron chi connectivity index (χ0n) is 5.12. The molecule has 0 aromatic rings. The second-order valence-electron chi connectivity index (χ2n) is 0.247. The van der Waals surface area contributed by atoms with E-state index in [9.17, 15) is 0 Å². The molecule has 0 rings (SSSR count). The Balaban J connectivity index is -0.00000000214. The molecule has 0 aromatic carbocycles. The molecule has 0 radical (unpaired) electrons. The quantitative estimate of drug-likeness (QED) is 0.208. The lowest BCUT2D eigenvalue weighted by molar-refractivity contribution is 0.823. The van der Waals surface area contributed by atoms with E-state index in [2.05, 4.69) is 60.8 Å². The molecule has 0 atom stereocenters. The van der Waals surface area contributed by atoms with Crippen LogP contribution in [0.15, 0.2) is 0 Å². The van der Waals surface area contributed by atoms with Crippen molar-refractivity contribution >= 4 is 89.1 Å². The summed E-state index contributed by atoms with van der Waals surface area (Å²) in [4.78, 5) is 0. The van der Waals surface area contributed by atoms with E-state index in [1.54, 1.807) is 0 Å². The highest BCUT2D eigenvalue weighted by atomic mass is 127. The van der Waals surface area contributed by atoms with E-state index < -0.39 is 0 Å². The maximum atomic E-state index is 2.46. The minimum absolute atomic E-state index is 0. The zero-order chi connectivity index (χ0) is 3.58. The van der Waals surface area contributed by atoms with Crippen LogP contribution in [0, 0.1) is 0 Å². The Morgan fingerprint density at radius 2 is 0.545 bits per heavy atom. The summed E-state index contributed by atoms with van der Waals surface area (Å²) in [6.07, 6.45) is 0. The van der Waals surface area contributed by atoms with Crippen LogP contribution in [-0.4, -0.2) is 37.2 Å². The van der Waals surface area contributed by atoms with Gasteiger partial charge in [0.15, 0.2) is 0 Å². The van der Waals surface area contributed by atoms with Gasteiger partial charge in [0.25, 0.3) is 0 Å². The predicted molar refractivity (Wildman–Crippen MR) is 84.9 cm³/mol. The van der Waals surface area contributed by atoms with Gasteiger partial charge >= 0.3 is 4.30 Å². The number of rotatable bonds is 0. The smallest absolute Gasteiger partial charge is 0.412 e. The standard InChI is InChI=1S/Al.4HI.6H2O/h;4*1H;6*1H2/q+3;;;;;;;;;;/p-3. The van der Waals surface area contributed by atoms with Crippen molar-refractivity contribution in [1.82, 2.24) is 0 Å². The van der Waals surface area contributed by atoms with Crippen molar-refractivity contribution in [2.45, 2.75) is 0 Å². The SMILES string of the molecule is I.O.O.O.O.O.O.[I][Al]([I])[I]. The maximum Gasteiger partial charge on any atom is 0.524 e. The van der Waals surface area contributed by atoms with Crippen molar-refractivity contribution in [3.05, 3.63) is 0 Å². The van der Waals surface area contributed by atoms with Crippen LogP contribution < -0.4 is 0 Å². The van der Waals surface area contributed by atoms with E-state index in [1.165, 1.54) is 0 Å². The van der Waals surface area contributed by atoms with E-state index in [1.807, 2.05) is 0 Å². The van der Waals surface area contributed by atoms with Crippen molar-refractivity contribution in [3.8, 4) is 0 Å². The van der Waals surface area contributed by atoms with Crippen molar-refractivity contribution in [1.29, 1.82) is 0 Å². The van der Waals surface area contributed by atoms with E-state index in [4.69, 9.17) is 0 Å². The molecule has 0 aliphatic carbocycles. The first-order valence-corrected chi connectivity index (χ1v) is 13.2. The highest BCUT2D eigenvalue weighted by Gasteiger charge is 1.94. The first kappa shape index (κ1) is 64.3. The van der Waals surface area contributed by atoms with E-state index in [0.29, 0.717) is 0 Å². The van der Waals surface area contributed by atoms with Crippen molar-refractivity contribution in [3.63, 3.8) is 0 Å². The van der Waals surface area contributed by atoms with Gasteiger partial charge in [0.05, 0.1) is 0 Å². The summed E-state index contributed by atoms with van der Waals surface area (Å²) < 4.78 is -0.229. The van der Waals surface area contributed by atoms with Crippen LogP contribution in [0.4, 0.5) is 0 Å². The van der Waals surface area contributed by atoms with Crippen LogP contribution >= 0.6 is 84.8 Å². The van der Waals surface area contributed by atoms with Gasteiger partial charge in [0, 0.05) is 0 Å². The van der Waals surface area contributed by atoms with Crippen LogP contribution in [0.25, 0.3) is 0 Å². The van der Waals surface area contributed by atoms with Crippen LogP contribution in [0.2, 0.25) is 0 Å². The van der Waals surface area contributed by atoms with Gasteiger partial charge in [-0.2, -0.15) is 60.8 Å². The van der Waals surface area contributed by atoms with Crippen molar-refractivity contribution < 1.29 is 32.9 Å². The lowest BCUT2D eigenvalue weighted by Gasteiger charge is -1.59. The Kier molecular flexibility index (Phi) is 298. The topological polar surface area (TPSA) is 189 Å². The van der Waals surface area contributed by atoms with Gasteiger partial charge in [-0.25, -0.2) is 0 Å². The molecule has 0 saturated carbocycles. The van der Waals surface area contributed by atoms with Gasteiger partial charge in [0.1, 0.15) is 0 Å². The molecule has 11 heteroatoms. The molecular weight excluding hydrogens is 631 g/mol. The molecule has 0 unspecified atom stereocenters. The fourth-order valence-corrected chi connectivity index (χ4v) is 0. The summed E-state index contributed by atoms with van der Waals surface area (Å²) >= 11 is 7.37.